The second kappa shape index (κ2) is 4.53. The highest BCUT2D eigenvalue weighted by atomic mass is 35.5. The molecule has 94 valence electrons. The molecule has 0 atom stereocenters. The fourth-order valence-corrected chi connectivity index (χ4v) is 2.77. The van der Waals surface area contributed by atoms with Gasteiger partial charge in [0.15, 0.2) is 0 Å². The van der Waals surface area contributed by atoms with Crippen LogP contribution in [0, 0.1) is 0 Å². The molecule has 0 saturated carbocycles. The Morgan fingerprint density at radius 1 is 1.28 bits per heavy atom. The Balaban J connectivity index is 2.15. The quantitative estimate of drug-likeness (QED) is 0.875. The first kappa shape index (κ1) is 11.4. The van der Waals surface area contributed by atoms with Gasteiger partial charge in [0.25, 0.3) is 0 Å². The molecule has 1 aromatic carbocycles. The Morgan fingerprint density at radius 2 is 2.06 bits per heavy atom. The molecule has 1 fully saturated rings. The van der Waals surface area contributed by atoms with Crippen LogP contribution in [0.25, 0.3) is 11.1 Å². The van der Waals surface area contributed by atoms with Gasteiger partial charge in [-0.05, 0) is 25.0 Å². The number of aromatic nitrogens is 2. The van der Waals surface area contributed by atoms with E-state index >= 15 is 0 Å². The number of nitrogens with one attached hydrogen (secondary N) is 1. The van der Waals surface area contributed by atoms with Crippen molar-refractivity contribution in [2.24, 2.45) is 0 Å². The van der Waals surface area contributed by atoms with Gasteiger partial charge in [-0.2, -0.15) is 5.10 Å². The van der Waals surface area contributed by atoms with E-state index in [1.54, 1.807) is 6.20 Å². The molecule has 1 aliphatic heterocycles. The van der Waals surface area contributed by atoms with Gasteiger partial charge < -0.3 is 10.6 Å². The third-order valence-electron chi connectivity index (χ3n) is 3.38. The normalized spacial score (nSPS) is 15.3. The van der Waals surface area contributed by atoms with Crippen molar-refractivity contribution in [1.82, 2.24) is 10.2 Å². The first-order valence-electron chi connectivity index (χ1n) is 6.10. The Morgan fingerprint density at radius 3 is 2.72 bits per heavy atom. The van der Waals surface area contributed by atoms with Crippen LogP contribution in [0.2, 0.25) is 5.02 Å². The van der Waals surface area contributed by atoms with Crippen LogP contribution < -0.4 is 10.6 Å². The standard InChI is InChI=1S/C13H15ClN4/c14-10-4-3-5-11(18-6-1-2-7-18)12(10)9-8-16-17-13(9)15/h3-5,8H,1-2,6-7H2,(H3,15,16,17). The predicted octanol–water partition coefficient (Wildman–Crippen LogP) is 2.91. The molecule has 0 bridgehead atoms. The molecule has 1 saturated heterocycles. The van der Waals surface area contributed by atoms with Crippen molar-refractivity contribution in [3.8, 4) is 11.1 Å². The molecule has 0 amide bonds. The highest BCUT2D eigenvalue weighted by molar-refractivity contribution is 6.34. The van der Waals surface area contributed by atoms with E-state index in [0.717, 1.165) is 29.9 Å². The molecule has 3 N–H and O–H groups in total. The third kappa shape index (κ3) is 1.82. The summed E-state index contributed by atoms with van der Waals surface area (Å²) < 4.78 is 0. The van der Waals surface area contributed by atoms with Crippen LogP contribution in [0.5, 0.6) is 0 Å². The zero-order valence-corrected chi connectivity index (χ0v) is 10.7. The number of hydrogen-bond donors (Lipinski definition) is 2. The van der Waals surface area contributed by atoms with E-state index in [1.807, 2.05) is 12.1 Å². The van der Waals surface area contributed by atoms with E-state index in [-0.39, 0.29) is 0 Å². The van der Waals surface area contributed by atoms with Crippen LogP contribution in [-0.2, 0) is 0 Å². The number of H-pyrrole nitrogens is 1. The topological polar surface area (TPSA) is 57.9 Å². The van der Waals surface area contributed by atoms with Gasteiger partial charge in [-0.15, -0.1) is 0 Å². The van der Waals surface area contributed by atoms with E-state index in [9.17, 15) is 0 Å². The molecule has 0 aliphatic carbocycles. The number of nitrogens with two attached hydrogens (primary N) is 1. The first-order valence-corrected chi connectivity index (χ1v) is 6.48. The lowest BCUT2D eigenvalue weighted by Crippen LogP contribution is -2.18. The fourth-order valence-electron chi connectivity index (χ4n) is 2.50. The van der Waals surface area contributed by atoms with Crippen LogP contribution in [0.3, 0.4) is 0 Å². The number of benzene rings is 1. The fraction of sp³-hybridized carbons (Fsp3) is 0.308. The zero-order chi connectivity index (χ0) is 12.5. The van der Waals surface area contributed by atoms with Gasteiger partial charge in [0.1, 0.15) is 5.82 Å². The van der Waals surface area contributed by atoms with E-state index in [4.69, 9.17) is 17.3 Å². The minimum Gasteiger partial charge on any atom is -0.384 e. The summed E-state index contributed by atoms with van der Waals surface area (Å²) in [6.45, 7) is 2.15. The molecule has 0 radical (unpaired) electrons. The molecule has 1 aromatic heterocycles. The summed E-state index contributed by atoms with van der Waals surface area (Å²) in [5.41, 5.74) is 8.92. The molecule has 2 heterocycles. The van der Waals surface area contributed by atoms with Gasteiger partial charge in [0.2, 0.25) is 0 Å². The van der Waals surface area contributed by atoms with Gasteiger partial charge in [0, 0.05) is 29.9 Å². The molecule has 18 heavy (non-hydrogen) atoms. The maximum Gasteiger partial charge on any atom is 0.126 e. The number of nitrogens with zero attached hydrogens (tertiary/aromatic N) is 2. The van der Waals surface area contributed by atoms with Crippen LogP contribution in [0.1, 0.15) is 12.8 Å². The van der Waals surface area contributed by atoms with Crippen molar-refractivity contribution in [3.05, 3.63) is 29.4 Å². The Labute approximate surface area is 111 Å². The van der Waals surface area contributed by atoms with Crippen molar-refractivity contribution in [1.29, 1.82) is 0 Å². The van der Waals surface area contributed by atoms with Crippen molar-refractivity contribution in [3.63, 3.8) is 0 Å². The van der Waals surface area contributed by atoms with E-state index in [1.165, 1.54) is 12.8 Å². The second-order valence-electron chi connectivity index (χ2n) is 4.53. The maximum absolute atomic E-state index is 6.35. The second-order valence-corrected chi connectivity index (χ2v) is 4.93. The summed E-state index contributed by atoms with van der Waals surface area (Å²) in [5, 5.41) is 7.46. The molecule has 3 rings (SSSR count). The summed E-state index contributed by atoms with van der Waals surface area (Å²) in [4.78, 5) is 2.35. The van der Waals surface area contributed by atoms with Gasteiger partial charge in [-0.25, -0.2) is 0 Å². The Kier molecular flexibility index (Phi) is 2.88. The highest BCUT2D eigenvalue weighted by Gasteiger charge is 2.20. The van der Waals surface area contributed by atoms with Crippen LogP contribution in [-0.4, -0.2) is 23.3 Å². The van der Waals surface area contributed by atoms with Crippen molar-refractivity contribution >= 4 is 23.1 Å². The zero-order valence-electron chi connectivity index (χ0n) is 9.99. The van der Waals surface area contributed by atoms with Gasteiger partial charge in [0.05, 0.1) is 11.2 Å². The summed E-state index contributed by atoms with van der Waals surface area (Å²) in [7, 11) is 0. The van der Waals surface area contributed by atoms with Crippen molar-refractivity contribution < 1.29 is 0 Å². The number of rotatable bonds is 2. The monoisotopic (exact) mass is 262 g/mol. The third-order valence-corrected chi connectivity index (χ3v) is 3.69. The molecular formula is C13H15ClN4. The minimum absolute atomic E-state index is 0.559. The molecule has 1 aliphatic rings. The van der Waals surface area contributed by atoms with Crippen LogP contribution >= 0.6 is 11.6 Å². The molecule has 5 heteroatoms. The van der Waals surface area contributed by atoms with Crippen LogP contribution in [0.4, 0.5) is 11.5 Å². The summed E-state index contributed by atoms with van der Waals surface area (Å²) in [5.74, 6) is 0.559. The molecular weight excluding hydrogens is 248 g/mol. The summed E-state index contributed by atoms with van der Waals surface area (Å²) in [6, 6.07) is 5.97. The number of halogens is 1. The van der Waals surface area contributed by atoms with Crippen molar-refractivity contribution in [2.75, 3.05) is 23.7 Å². The Bertz CT molecular complexity index is 558. The van der Waals surface area contributed by atoms with E-state index in [0.29, 0.717) is 10.8 Å². The highest BCUT2D eigenvalue weighted by Crippen LogP contribution is 2.39. The molecule has 2 aromatic rings. The lowest BCUT2D eigenvalue weighted by Gasteiger charge is -2.22. The first-order chi connectivity index (χ1) is 8.77. The van der Waals surface area contributed by atoms with Gasteiger partial charge in [-0.3, -0.25) is 5.10 Å². The minimum atomic E-state index is 0.559. The van der Waals surface area contributed by atoms with Crippen LogP contribution in [0.15, 0.2) is 24.4 Å². The maximum atomic E-state index is 6.35. The van der Waals surface area contributed by atoms with E-state index < -0.39 is 0 Å². The number of hydrogen-bond acceptors (Lipinski definition) is 3. The lowest BCUT2D eigenvalue weighted by atomic mass is 10.1. The molecule has 0 unspecified atom stereocenters. The Hall–Kier alpha value is -1.68. The lowest BCUT2D eigenvalue weighted by molar-refractivity contribution is 0.949. The van der Waals surface area contributed by atoms with Gasteiger partial charge >= 0.3 is 0 Å². The predicted molar refractivity (Wildman–Crippen MR) is 74.9 cm³/mol. The van der Waals surface area contributed by atoms with Gasteiger partial charge in [-0.1, -0.05) is 17.7 Å². The molecule has 0 spiro atoms. The number of anilines is 2. The molecule has 4 nitrogen and oxygen atoms in total. The largest absolute Gasteiger partial charge is 0.384 e. The SMILES string of the molecule is Nc1[nH]ncc1-c1c(Cl)cccc1N1CCCC1. The average molecular weight is 263 g/mol. The van der Waals surface area contributed by atoms with Crippen molar-refractivity contribution in [2.45, 2.75) is 12.8 Å². The average Bonchev–Trinajstić information content (AvgIpc) is 3.00. The number of nitrogen functional groups attached to an aromatic ring is 1. The smallest absolute Gasteiger partial charge is 0.126 e. The number of aromatic amines is 1. The summed E-state index contributed by atoms with van der Waals surface area (Å²) >= 11 is 6.35. The van der Waals surface area contributed by atoms with E-state index in [2.05, 4.69) is 21.2 Å². The summed E-state index contributed by atoms with van der Waals surface area (Å²) in [6.07, 6.45) is 4.19.